The van der Waals surface area contributed by atoms with Crippen LogP contribution in [0.4, 0.5) is 24.5 Å². The van der Waals surface area contributed by atoms with E-state index < -0.39 is 22.9 Å². The number of carbonyl (C=O) groups is 2. The molecule has 0 unspecified atom stereocenters. The number of hydrogen-bond donors (Lipinski definition) is 2. The SMILES string of the molecule is CCc1ccccc1NC(=O)C[C@H]1Sc2ccc(C(F)(F)F)cc2NC1=O. The number of thioether (sulfide) groups is 1. The number of amides is 2. The fourth-order valence-electron chi connectivity index (χ4n) is 2.78. The molecule has 8 heteroatoms. The molecule has 0 saturated heterocycles. The fraction of sp³-hybridized carbons (Fsp3) is 0.263. The first-order valence-electron chi connectivity index (χ1n) is 8.34. The van der Waals surface area contributed by atoms with E-state index in [9.17, 15) is 22.8 Å². The molecule has 1 heterocycles. The highest BCUT2D eigenvalue weighted by atomic mass is 32.2. The summed E-state index contributed by atoms with van der Waals surface area (Å²) < 4.78 is 38.4. The molecule has 1 atom stereocenters. The first-order valence-corrected chi connectivity index (χ1v) is 9.22. The van der Waals surface area contributed by atoms with E-state index in [-0.39, 0.29) is 18.0 Å². The van der Waals surface area contributed by atoms with E-state index in [0.717, 1.165) is 35.9 Å². The zero-order valence-corrected chi connectivity index (χ0v) is 15.2. The Hall–Kier alpha value is -2.48. The molecule has 2 aromatic carbocycles. The summed E-state index contributed by atoms with van der Waals surface area (Å²) in [6, 6.07) is 10.6. The first kappa shape index (κ1) is 19.3. The van der Waals surface area contributed by atoms with E-state index in [1.807, 2.05) is 25.1 Å². The predicted molar refractivity (Wildman–Crippen MR) is 98.8 cm³/mol. The highest BCUT2D eigenvalue weighted by molar-refractivity contribution is 8.01. The van der Waals surface area contributed by atoms with Gasteiger partial charge in [0.2, 0.25) is 11.8 Å². The van der Waals surface area contributed by atoms with Crippen LogP contribution in [0.2, 0.25) is 0 Å². The molecule has 2 aromatic rings. The predicted octanol–water partition coefficient (Wildman–Crippen LogP) is 4.71. The summed E-state index contributed by atoms with van der Waals surface area (Å²) in [6.45, 7) is 1.97. The van der Waals surface area contributed by atoms with E-state index in [1.54, 1.807) is 6.07 Å². The third-order valence-electron chi connectivity index (χ3n) is 4.17. The highest BCUT2D eigenvalue weighted by Crippen LogP contribution is 2.40. The summed E-state index contributed by atoms with van der Waals surface area (Å²) in [5.74, 6) is -0.801. The minimum Gasteiger partial charge on any atom is -0.326 e. The Morgan fingerprint density at radius 3 is 2.67 bits per heavy atom. The lowest BCUT2D eigenvalue weighted by molar-refractivity contribution is -0.137. The molecule has 2 N–H and O–H groups in total. The Kier molecular flexibility index (Phi) is 5.46. The third kappa shape index (κ3) is 4.44. The lowest BCUT2D eigenvalue weighted by atomic mass is 10.1. The van der Waals surface area contributed by atoms with Crippen LogP contribution < -0.4 is 10.6 Å². The molecule has 4 nitrogen and oxygen atoms in total. The monoisotopic (exact) mass is 394 g/mol. The van der Waals surface area contributed by atoms with Crippen LogP contribution in [0.1, 0.15) is 24.5 Å². The lowest BCUT2D eigenvalue weighted by Gasteiger charge is -2.24. The van der Waals surface area contributed by atoms with Crippen LogP contribution in [0.3, 0.4) is 0 Å². The molecule has 0 spiro atoms. The lowest BCUT2D eigenvalue weighted by Crippen LogP contribution is -2.32. The van der Waals surface area contributed by atoms with Crippen molar-refractivity contribution in [2.75, 3.05) is 10.6 Å². The maximum atomic E-state index is 12.8. The van der Waals surface area contributed by atoms with Gasteiger partial charge in [-0.2, -0.15) is 13.2 Å². The van der Waals surface area contributed by atoms with Crippen molar-refractivity contribution in [3.8, 4) is 0 Å². The largest absolute Gasteiger partial charge is 0.416 e. The van der Waals surface area contributed by atoms with Crippen LogP contribution in [0.15, 0.2) is 47.4 Å². The van der Waals surface area contributed by atoms with Crippen molar-refractivity contribution < 1.29 is 22.8 Å². The van der Waals surface area contributed by atoms with Crippen LogP contribution in [-0.2, 0) is 22.2 Å². The Bertz CT molecular complexity index is 883. The van der Waals surface area contributed by atoms with Crippen LogP contribution >= 0.6 is 11.8 Å². The zero-order chi connectivity index (χ0) is 19.6. The maximum absolute atomic E-state index is 12.8. The van der Waals surface area contributed by atoms with Gasteiger partial charge in [0.15, 0.2) is 0 Å². The Balaban J connectivity index is 1.70. The van der Waals surface area contributed by atoms with Crippen LogP contribution in [-0.4, -0.2) is 17.1 Å². The van der Waals surface area contributed by atoms with Crippen molar-refractivity contribution in [3.05, 3.63) is 53.6 Å². The number of alkyl halides is 3. The van der Waals surface area contributed by atoms with Gasteiger partial charge in [0.05, 0.1) is 16.5 Å². The summed E-state index contributed by atoms with van der Waals surface area (Å²) in [5.41, 5.74) is 0.973. The maximum Gasteiger partial charge on any atom is 0.416 e. The van der Waals surface area contributed by atoms with Gasteiger partial charge in [0.25, 0.3) is 0 Å². The van der Waals surface area contributed by atoms with Gasteiger partial charge in [0.1, 0.15) is 0 Å². The first-order chi connectivity index (χ1) is 12.8. The van der Waals surface area contributed by atoms with Gasteiger partial charge in [-0.25, -0.2) is 0 Å². The van der Waals surface area contributed by atoms with Gasteiger partial charge < -0.3 is 10.6 Å². The van der Waals surface area contributed by atoms with E-state index in [4.69, 9.17) is 0 Å². The van der Waals surface area contributed by atoms with Crippen molar-refractivity contribution in [2.24, 2.45) is 0 Å². The molecule has 0 aromatic heterocycles. The number of carbonyl (C=O) groups excluding carboxylic acids is 2. The van der Waals surface area contributed by atoms with Gasteiger partial charge in [-0.3, -0.25) is 9.59 Å². The average Bonchev–Trinajstić information content (AvgIpc) is 2.61. The fourth-order valence-corrected chi connectivity index (χ4v) is 3.87. The van der Waals surface area contributed by atoms with Crippen molar-refractivity contribution in [2.45, 2.75) is 36.1 Å². The molecule has 1 aliphatic rings. The van der Waals surface area contributed by atoms with E-state index in [2.05, 4.69) is 10.6 Å². The topological polar surface area (TPSA) is 58.2 Å². The number of fused-ring (bicyclic) bond motifs is 1. The number of nitrogens with one attached hydrogen (secondary N) is 2. The van der Waals surface area contributed by atoms with Crippen molar-refractivity contribution >= 4 is 35.0 Å². The molecule has 1 aliphatic heterocycles. The van der Waals surface area contributed by atoms with Gasteiger partial charge in [-0.1, -0.05) is 25.1 Å². The minimum atomic E-state index is -4.48. The summed E-state index contributed by atoms with van der Waals surface area (Å²) >= 11 is 1.09. The van der Waals surface area contributed by atoms with E-state index in [0.29, 0.717) is 10.6 Å². The normalized spacial score (nSPS) is 16.4. The number of anilines is 2. The van der Waals surface area contributed by atoms with Crippen LogP contribution in [0, 0.1) is 0 Å². The molecule has 0 saturated carbocycles. The number of halogens is 3. The summed E-state index contributed by atoms with van der Waals surface area (Å²) in [5, 5.41) is 4.57. The number of rotatable bonds is 4. The Morgan fingerprint density at radius 1 is 1.22 bits per heavy atom. The average molecular weight is 394 g/mol. The highest BCUT2D eigenvalue weighted by Gasteiger charge is 2.34. The minimum absolute atomic E-state index is 0.0744. The molecule has 0 fully saturated rings. The molecule has 0 bridgehead atoms. The van der Waals surface area contributed by atoms with Crippen molar-refractivity contribution in [3.63, 3.8) is 0 Å². The standard InChI is InChI=1S/C19H17F3N2O2S/c1-2-11-5-3-4-6-13(11)23-17(25)10-16-18(26)24-14-9-12(19(20,21)22)7-8-15(14)27-16/h3-9,16H,2,10H2,1H3,(H,23,25)(H,24,26)/t16-/m1/s1. The second-order valence-corrected chi connectivity index (χ2v) is 7.31. The molecule has 0 aliphatic carbocycles. The Labute approximate surface area is 158 Å². The number of benzene rings is 2. The Morgan fingerprint density at radius 2 is 1.96 bits per heavy atom. The summed E-state index contributed by atoms with van der Waals surface area (Å²) in [7, 11) is 0. The molecule has 0 radical (unpaired) electrons. The van der Waals surface area contributed by atoms with Crippen LogP contribution in [0.5, 0.6) is 0 Å². The second kappa shape index (κ2) is 7.64. The molecule has 2 amide bonds. The van der Waals surface area contributed by atoms with Gasteiger partial charge in [-0.15, -0.1) is 11.8 Å². The summed E-state index contributed by atoms with van der Waals surface area (Å²) in [6.07, 6.45) is -3.80. The van der Waals surface area contributed by atoms with Gasteiger partial charge in [0, 0.05) is 17.0 Å². The summed E-state index contributed by atoms with van der Waals surface area (Å²) in [4.78, 5) is 25.1. The number of para-hydroxylation sites is 1. The van der Waals surface area contributed by atoms with Crippen molar-refractivity contribution in [1.29, 1.82) is 0 Å². The molecular formula is C19H17F3N2O2S. The molecule has 3 rings (SSSR count). The molecule has 142 valence electrons. The zero-order valence-electron chi connectivity index (χ0n) is 14.4. The van der Waals surface area contributed by atoms with Crippen LogP contribution in [0.25, 0.3) is 0 Å². The smallest absolute Gasteiger partial charge is 0.326 e. The quantitative estimate of drug-likeness (QED) is 0.790. The second-order valence-electron chi connectivity index (χ2n) is 6.07. The molecular weight excluding hydrogens is 377 g/mol. The third-order valence-corrected chi connectivity index (χ3v) is 5.44. The number of hydrogen-bond acceptors (Lipinski definition) is 3. The van der Waals surface area contributed by atoms with E-state index >= 15 is 0 Å². The van der Waals surface area contributed by atoms with Gasteiger partial charge in [-0.05, 0) is 36.2 Å². The van der Waals surface area contributed by atoms with Gasteiger partial charge >= 0.3 is 6.18 Å². The van der Waals surface area contributed by atoms with E-state index in [1.165, 1.54) is 6.07 Å². The van der Waals surface area contributed by atoms with Crippen molar-refractivity contribution in [1.82, 2.24) is 0 Å². The number of aryl methyl sites for hydroxylation is 1. The molecule has 27 heavy (non-hydrogen) atoms.